The number of allylic oxidation sites excluding steroid dienone is 4. The Labute approximate surface area is 272 Å². The third kappa shape index (κ3) is 2.47. The predicted molar refractivity (Wildman–Crippen MR) is 154 cm³/mol. The summed E-state index contributed by atoms with van der Waals surface area (Å²) >= 11 is 86.5. The highest BCUT2D eigenvalue weighted by Gasteiger charge is 2.91. The highest BCUT2D eigenvalue weighted by Crippen LogP contribution is 2.88. The van der Waals surface area contributed by atoms with Crippen LogP contribution < -0.4 is 0 Å². The van der Waals surface area contributed by atoms with Crippen LogP contribution >= 0.6 is 155 Å². The van der Waals surface area contributed by atoms with Crippen molar-refractivity contribution < 1.29 is 4.92 Å². The Balaban J connectivity index is 1.80. The standard InChI is InChI=1S/C20H6BrCl12NO2/c21-5-1-3-4(2-6(5)34(35)36)8-10(18(29)14(25)12(23)16(8,27)20(18,32)33)9-7(3)15(26)11(22)13(24)17(9,28)19(15,30)31/h1-2,7-10H. The molecule has 8 unspecified atom stereocenters. The van der Waals surface area contributed by atoms with E-state index in [0.29, 0.717) is 11.1 Å². The number of nitrogens with zero attached hydrogens (tertiary/aromatic N) is 1. The molecule has 0 saturated heterocycles. The molecule has 8 atom stereocenters. The zero-order valence-corrected chi connectivity index (χ0v) is 27.3. The van der Waals surface area contributed by atoms with Gasteiger partial charge in [-0.25, -0.2) is 0 Å². The van der Waals surface area contributed by atoms with Crippen molar-refractivity contribution in [3.8, 4) is 0 Å². The van der Waals surface area contributed by atoms with Crippen molar-refractivity contribution in [3.05, 3.63) is 58.0 Å². The van der Waals surface area contributed by atoms with Crippen molar-refractivity contribution >= 4 is 161 Å². The topological polar surface area (TPSA) is 43.1 Å². The summed E-state index contributed by atoms with van der Waals surface area (Å²) in [7, 11) is 0. The lowest BCUT2D eigenvalue weighted by Gasteiger charge is -2.52. The zero-order valence-electron chi connectivity index (χ0n) is 16.6. The molecule has 4 bridgehead atoms. The maximum atomic E-state index is 11.9. The molecular weight excluding hydrogens is 792 g/mol. The number of hydrogen-bond donors (Lipinski definition) is 0. The van der Waals surface area contributed by atoms with Gasteiger partial charge in [0.2, 0.25) is 0 Å². The van der Waals surface area contributed by atoms with Crippen molar-refractivity contribution in [3.63, 3.8) is 0 Å². The van der Waals surface area contributed by atoms with E-state index in [1.165, 1.54) is 12.1 Å². The minimum absolute atomic E-state index is 0.0546. The van der Waals surface area contributed by atoms with E-state index in [2.05, 4.69) is 15.9 Å². The molecule has 5 aliphatic carbocycles. The summed E-state index contributed by atoms with van der Waals surface area (Å²) in [5.74, 6) is -3.63. The maximum Gasteiger partial charge on any atom is 0.283 e. The van der Waals surface area contributed by atoms with E-state index in [4.69, 9.17) is 139 Å². The second-order valence-electron chi connectivity index (χ2n) is 9.45. The number of hydrogen-bond acceptors (Lipinski definition) is 2. The van der Waals surface area contributed by atoms with Crippen molar-refractivity contribution in [1.29, 1.82) is 0 Å². The second kappa shape index (κ2) is 7.71. The summed E-state index contributed by atoms with van der Waals surface area (Å²) < 4.78 is -3.81. The van der Waals surface area contributed by atoms with Crippen LogP contribution in [0.2, 0.25) is 0 Å². The van der Waals surface area contributed by atoms with Gasteiger partial charge in [-0.3, -0.25) is 10.1 Å². The van der Waals surface area contributed by atoms with Crippen LogP contribution in [-0.2, 0) is 0 Å². The van der Waals surface area contributed by atoms with Crippen LogP contribution in [0.3, 0.4) is 0 Å². The summed E-state index contributed by atoms with van der Waals surface area (Å²) in [6.07, 6.45) is 0. The van der Waals surface area contributed by atoms with Crippen LogP contribution in [0.5, 0.6) is 0 Å². The number of rotatable bonds is 1. The fourth-order valence-corrected chi connectivity index (χ4v) is 13.6. The molecule has 36 heavy (non-hydrogen) atoms. The van der Waals surface area contributed by atoms with Gasteiger partial charge in [0.05, 0.1) is 29.5 Å². The molecule has 0 aliphatic heterocycles. The van der Waals surface area contributed by atoms with Crippen molar-refractivity contribution in [2.24, 2.45) is 11.8 Å². The van der Waals surface area contributed by atoms with Gasteiger partial charge in [-0.05, 0) is 33.1 Å². The summed E-state index contributed by atoms with van der Waals surface area (Å²) in [6.45, 7) is 0. The first kappa shape index (κ1) is 28.2. The molecule has 1 aromatic carbocycles. The normalized spacial score (nSPS) is 46.8. The molecule has 5 aliphatic rings. The molecule has 0 aromatic heterocycles. The lowest BCUT2D eigenvalue weighted by molar-refractivity contribution is -0.385. The van der Waals surface area contributed by atoms with Gasteiger partial charge >= 0.3 is 0 Å². The van der Waals surface area contributed by atoms with E-state index in [9.17, 15) is 10.1 Å². The van der Waals surface area contributed by atoms with Gasteiger partial charge in [0.25, 0.3) is 5.69 Å². The SMILES string of the molecule is O=[N+]([O-])c1cc2c(cc1Br)C1C(C3C2C2(Cl)C(Cl)=C(Cl)C3(Cl)C2(Cl)Cl)C2(Cl)C(Cl)=C(Cl)C1(Cl)C2(Cl)Cl. The minimum Gasteiger partial charge on any atom is -0.258 e. The van der Waals surface area contributed by atoms with Crippen LogP contribution in [0.4, 0.5) is 5.69 Å². The Hall–Kier alpha value is 2.06. The number of benzene rings is 1. The van der Waals surface area contributed by atoms with Gasteiger partial charge in [0.1, 0.15) is 19.5 Å². The molecule has 194 valence electrons. The van der Waals surface area contributed by atoms with E-state index < -0.39 is 56.8 Å². The van der Waals surface area contributed by atoms with E-state index in [1.807, 2.05) is 0 Å². The van der Waals surface area contributed by atoms with Crippen molar-refractivity contribution in [2.75, 3.05) is 0 Å². The van der Waals surface area contributed by atoms with Gasteiger partial charge in [-0.2, -0.15) is 0 Å². The first-order chi connectivity index (χ1) is 16.3. The smallest absolute Gasteiger partial charge is 0.258 e. The van der Waals surface area contributed by atoms with Crippen LogP contribution in [0, 0.1) is 22.0 Å². The molecule has 2 fully saturated rings. The lowest BCUT2D eigenvalue weighted by atomic mass is 9.57. The Kier molecular flexibility index (Phi) is 6.04. The highest BCUT2D eigenvalue weighted by molar-refractivity contribution is 9.10. The number of alkyl halides is 8. The third-order valence-electron chi connectivity index (χ3n) is 8.39. The molecule has 16 heteroatoms. The molecule has 0 N–H and O–H groups in total. The number of halogens is 13. The molecule has 0 spiro atoms. The van der Waals surface area contributed by atoms with E-state index >= 15 is 0 Å². The summed E-state index contributed by atoms with van der Waals surface area (Å²) in [6, 6.07) is 2.88. The summed E-state index contributed by atoms with van der Waals surface area (Å²) in [4.78, 5) is 4.15. The summed E-state index contributed by atoms with van der Waals surface area (Å²) in [5.41, 5.74) is 0.578. The fraction of sp³-hybridized carbons (Fsp3) is 0.500. The molecule has 6 rings (SSSR count). The molecule has 0 heterocycles. The van der Waals surface area contributed by atoms with E-state index in [0.717, 1.165) is 0 Å². The van der Waals surface area contributed by atoms with Crippen molar-refractivity contribution in [2.45, 2.75) is 40.0 Å². The molecular formula is C20H6BrCl12NO2. The lowest BCUT2D eigenvalue weighted by Crippen LogP contribution is -2.53. The van der Waals surface area contributed by atoms with Crippen LogP contribution in [0.25, 0.3) is 0 Å². The monoisotopic (exact) mass is 791 g/mol. The van der Waals surface area contributed by atoms with Gasteiger partial charge in [-0.15, -0.1) is 46.4 Å². The number of fused-ring (bicyclic) bond motifs is 14. The number of nitro groups is 1. The Bertz CT molecular complexity index is 1400. The maximum absolute atomic E-state index is 11.9. The Morgan fingerprint density at radius 1 is 0.667 bits per heavy atom. The average Bonchev–Trinajstić information content (AvgIpc) is 3.12. The third-order valence-corrected chi connectivity index (χ3v) is 17.6. The zero-order chi connectivity index (χ0) is 26.9. The van der Waals surface area contributed by atoms with Crippen LogP contribution in [-0.4, -0.2) is 33.1 Å². The van der Waals surface area contributed by atoms with Gasteiger partial charge < -0.3 is 0 Å². The molecule has 3 nitrogen and oxygen atoms in total. The average molecular weight is 798 g/mol. The Morgan fingerprint density at radius 3 is 1.36 bits per heavy atom. The van der Waals surface area contributed by atoms with Gasteiger partial charge in [0, 0.05) is 29.7 Å². The Morgan fingerprint density at radius 2 is 1.00 bits per heavy atom. The second-order valence-corrected chi connectivity index (χ2v) is 16.9. The molecule has 0 radical (unpaired) electrons. The first-order valence-electron chi connectivity index (χ1n) is 9.93. The highest BCUT2D eigenvalue weighted by atomic mass is 79.9. The number of nitro benzene ring substituents is 1. The van der Waals surface area contributed by atoms with E-state index in [1.54, 1.807) is 0 Å². The summed E-state index contributed by atoms with van der Waals surface area (Å²) in [5, 5.41) is 11.6. The van der Waals surface area contributed by atoms with Gasteiger partial charge in [-0.1, -0.05) is 92.8 Å². The molecule has 0 amide bonds. The van der Waals surface area contributed by atoms with Crippen LogP contribution in [0.1, 0.15) is 23.0 Å². The predicted octanol–water partition coefficient (Wildman–Crippen LogP) is 10.5. The first-order valence-corrected chi connectivity index (χ1v) is 15.3. The van der Waals surface area contributed by atoms with Crippen molar-refractivity contribution in [1.82, 2.24) is 0 Å². The largest absolute Gasteiger partial charge is 0.283 e. The molecule has 2 saturated carbocycles. The molecule has 1 aromatic rings. The fourth-order valence-electron chi connectivity index (χ4n) is 7.05. The van der Waals surface area contributed by atoms with Gasteiger partial charge in [0.15, 0.2) is 8.67 Å². The quantitative estimate of drug-likeness (QED) is 0.161. The van der Waals surface area contributed by atoms with Crippen LogP contribution in [0.15, 0.2) is 36.7 Å². The van der Waals surface area contributed by atoms with E-state index in [-0.39, 0.29) is 30.3 Å². The minimum atomic E-state index is -2.00.